The highest BCUT2D eigenvalue weighted by atomic mass is 16.5. The van der Waals surface area contributed by atoms with Crippen LogP contribution in [0.25, 0.3) is 0 Å². The van der Waals surface area contributed by atoms with Gasteiger partial charge in [0.1, 0.15) is 5.75 Å². The minimum atomic E-state index is 0.107. The van der Waals surface area contributed by atoms with Crippen molar-refractivity contribution in [3.05, 3.63) is 29.3 Å². The largest absolute Gasteiger partial charge is 0.497 e. The number of carbonyl (C=O) groups is 1. The van der Waals surface area contributed by atoms with Crippen LogP contribution in [0.4, 0.5) is 0 Å². The van der Waals surface area contributed by atoms with Crippen molar-refractivity contribution in [2.45, 2.75) is 34.2 Å². The minimum absolute atomic E-state index is 0.107. The van der Waals surface area contributed by atoms with Crippen molar-refractivity contribution in [2.75, 3.05) is 40.3 Å². The molecule has 0 bridgehead atoms. The van der Waals surface area contributed by atoms with Crippen LogP contribution in [-0.4, -0.2) is 62.0 Å². The molecule has 1 amide bonds. The lowest BCUT2D eigenvalue weighted by molar-refractivity contribution is -0.131. The number of ether oxygens (including phenoxy) is 1. The summed E-state index contributed by atoms with van der Waals surface area (Å²) in [5, 5.41) is 3.25. The fourth-order valence-electron chi connectivity index (χ4n) is 2.62. The average molecular weight is 348 g/mol. The molecule has 0 unspecified atom stereocenters. The van der Waals surface area contributed by atoms with Gasteiger partial charge in [0.05, 0.1) is 20.2 Å². The lowest BCUT2D eigenvalue weighted by Gasteiger charge is -2.25. The number of carbonyl (C=O) groups excluding carboxylic acids is 1. The van der Waals surface area contributed by atoms with Gasteiger partial charge >= 0.3 is 0 Å². The molecule has 0 saturated heterocycles. The van der Waals surface area contributed by atoms with E-state index in [0.29, 0.717) is 13.1 Å². The first kappa shape index (κ1) is 20.8. The third-order valence-electron chi connectivity index (χ3n) is 3.94. The second kappa shape index (κ2) is 10.6. The Labute approximate surface area is 151 Å². The van der Waals surface area contributed by atoms with Crippen molar-refractivity contribution in [1.29, 1.82) is 0 Å². The van der Waals surface area contributed by atoms with Gasteiger partial charge < -0.3 is 19.9 Å². The molecule has 0 aliphatic carbocycles. The zero-order valence-corrected chi connectivity index (χ0v) is 16.4. The molecule has 0 aliphatic heterocycles. The van der Waals surface area contributed by atoms with Crippen molar-refractivity contribution < 1.29 is 9.53 Å². The zero-order valence-electron chi connectivity index (χ0n) is 16.4. The highest BCUT2D eigenvalue weighted by molar-refractivity contribution is 5.86. The Morgan fingerprint density at radius 3 is 2.44 bits per heavy atom. The maximum Gasteiger partial charge on any atom is 0.242 e. The Morgan fingerprint density at radius 1 is 1.20 bits per heavy atom. The first-order chi connectivity index (χ1) is 11.9. The molecular formula is C19H32N4O2. The highest BCUT2D eigenvalue weighted by Gasteiger charge is 2.15. The molecule has 0 fully saturated rings. The van der Waals surface area contributed by atoms with Crippen LogP contribution in [0.2, 0.25) is 0 Å². The summed E-state index contributed by atoms with van der Waals surface area (Å²) in [6.07, 6.45) is 0. The number of guanidine groups is 1. The first-order valence-electron chi connectivity index (χ1n) is 8.86. The second-order valence-corrected chi connectivity index (χ2v) is 5.95. The van der Waals surface area contributed by atoms with Gasteiger partial charge in [-0.25, -0.2) is 4.99 Å². The number of likely N-dealkylation sites (N-methyl/N-ethyl adjacent to an activating group) is 2. The summed E-state index contributed by atoms with van der Waals surface area (Å²) in [5.74, 6) is 1.67. The number of benzene rings is 1. The third-order valence-corrected chi connectivity index (χ3v) is 3.94. The molecule has 0 aromatic heterocycles. The molecule has 0 heterocycles. The van der Waals surface area contributed by atoms with Gasteiger partial charge in [-0.05, 0) is 51.0 Å². The zero-order chi connectivity index (χ0) is 18.8. The lowest BCUT2D eigenvalue weighted by Crippen LogP contribution is -2.45. The van der Waals surface area contributed by atoms with E-state index in [1.165, 1.54) is 0 Å². The van der Waals surface area contributed by atoms with E-state index < -0.39 is 0 Å². The molecule has 1 N–H and O–H groups in total. The molecule has 0 saturated carbocycles. The molecule has 0 spiro atoms. The van der Waals surface area contributed by atoms with Gasteiger partial charge in [-0.1, -0.05) is 6.07 Å². The predicted octanol–water partition coefficient (Wildman–Crippen LogP) is 2.27. The highest BCUT2D eigenvalue weighted by Crippen LogP contribution is 2.17. The van der Waals surface area contributed by atoms with Gasteiger partial charge in [-0.15, -0.1) is 0 Å². The topological polar surface area (TPSA) is 57.2 Å². The van der Waals surface area contributed by atoms with E-state index in [9.17, 15) is 4.79 Å². The van der Waals surface area contributed by atoms with E-state index in [2.05, 4.69) is 16.4 Å². The summed E-state index contributed by atoms with van der Waals surface area (Å²) in [7, 11) is 3.55. The second-order valence-electron chi connectivity index (χ2n) is 5.95. The summed E-state index contributed by atoms with van der Waals surface area (Å²) in [6, 6.07) is 6.07. The number of aliphatic imine (C=N–C) groups is 1. The number of amides is 1. The number of methoxy groups -OCH3 is 1. The number of nitrogens with one attached hydrogen (secondary N) is 1. The number of hydrogen-bond donors (Lipinski definition) is 1. The molecule has 1 aromatic carbocycles. The van der Waals surface area contributed by atoms with Gasteiger partial charge in [0.2, 0.25) is 5.91 Å². The molecule has 0 aliphatic rings. The molecule has 6 heteroatoms. The fraction of sp³-hybridized carbons (Fsp3) is 0.579. The minimum Gasteiger partial charge on any atom is -0.497 e. The van der Waals surface area contributed by atoms with Crippen molar-refractivity contribution in [2.24, 2.45) is 4.99 Å². The summed E-state index contributed by atoms with van der Waals surface area (Å²) in [5.41, 5.74) is 2.22. The Balaban J connectivity index is 2.85. The summed E-state index contributed by atoms with van der Waals surface area (Å²) < 4.78 is 5.32. The van der Waals surface area contributed by atoms with Crippen LogP contribution in [0, 0.1) is 6.92 Å². The Kier molecular flexibility index (Phi) is 8.81. The summed E-state index contributed by atoms with van der Waals surface area (Å²) in [4.78, 5) is 20.7. The monoisotopic (exact) mass is 348 g/mol. The van der Waals surface area contributed by atoms with Crippen LogP contribution in [0.1, 0.15) is 31.9 Å². The fourth-order valence-corrected chi connectivity index (χ4v) is 2.62. The van der Waals surface area contributed by atoms with E-state index in [1.807, 2.05) is 56.7 Å². The van der Waals surface area contributed by atoms with Crippen LogP contribution in [0.5, 0.6) is 5.75 Å². The number of rotatable bonds is 8. The van der Waals surface area contributed by atoms with E-state index in [0.717, 1.165) is 42.5 Å². The third kappa shape index (κ3) is 6.64. The molecular weight excluding hydrogens is 316 g/mol. The molecule has 6 nitrogen and oxygen atoms in total. The molecule has 1 aromatic rings. The number of nitrogens with zero attached hydrogens (tertiary/aromatic N) is 3. The Bertz CT molecular complexity index is 583. The predicted molar refractivity (Wildman–Crippen MR) is 103 cm³/mol. The van der Waals surface area contributed by atoms with Gasteiger partial charge in [0, 0.05) is 26.7 Å². The van der Waals surface area contributed by atoms with Crippen LogP contribution >= 0.6 is 0 Å². The molecule has 140 valence electrons. The smallest absolute Gasteiger partial charge is 0.242 e. The molecule has 1 rings (SSSR count). The van der Waals surface area contributed by atoms with E-state index in [1.54, 1.807) is 7.11 Å². The van der Waals surface area contributed by atoms with Crippen LogP contribution < -0.4 is 10.1 Å². The SMILES string of the molecule is CCNC(=NCc1cc(C)cc(OC)c1)N(C)CC(=O)N(CC)CC. The van der Waals surface area contributed by atoms with Crippen LogP contribution in [-0.2, 0) is 11.3 Å². The quantitative estimate of drug-likeness (QED) is 0.578. The Morgan fingerprint density at radius 2 is 1.88 bits per heavy atom. The number of aryl methyl sites for hydroxylation is 1. The van der Waals surface area contributed by atoms with Gasteiger partial charge in [-0.2, -0.15) is 0 Å². The van der Waals surface area contributed by atoms with E-state index in [4.69, 9.17) is 4.74 Å². The molecule has 0 radical (unpaired) electrons. The van der Waals surface area contributed by atoms with Crippen molar-refractivity contribution in [3.8, 4) is 5.75 Å². The van der Waals surface area contributed by atoms with Crippen molar-refractivity contribution >= 4 is 11.9 Å². The van der Waals surface area contributed by atoms with Crippen molar-refractivity contribution in [3.63, 3.8) is 0 Å². The maximum absolute atomic E-state index is 12.3. The van der Waals surface area contributed by atoms with Gasteiger partial charge in [-0.3, -0.25) is 4.79 Å². The maximum atomic E-state index is 12.3. The Hall–Kier alpha value is -2.24. The average Bonchev–Trinajstić information content (AvgIpc) is 2.58. The van der Waals surface area contributed by atoms with Gasteiger partial charge in [0.25, 0.3) is 0 Å². The van der Waals surface area contributed by atoms with Crippen molar-refractivity contribution in [1.82, 2.24) is 15.1 Å². The molecule has 0 atom stereocenters. The normalized spacial score (nSPS) is 11.2. The summed E-state index contributed by atoms with van der Waals surface area (Å²) >= 11 is 0. The van der Waals surface area contributed by atoms with Crippen LogP contribution in [0.3, 0.4) is 0 Å². The standard InChI is InChI=1S/C19H32N4O2/c1-7-20-19(22(5)14-18(24)23(8-2)9-3)21-13-16-10-15(4)11-17(12-16)25-6/h10-12H,7-9,13-14H2,1-6H3,(H,20,21). The van der Waals surface area contributed by atoms with Crippen LogP contribution in [0.15, 0.2) is 23.2 Å². The summed E-state index contributed by atoms with van der Waals surface area (Å²) in [6.45, 7) is 11.1. The van der Waals surface area contributed by atoms with E-state index in [-0.39, 0.29) is 5.91 Å². The number of hydrogen-bond acceptors (Lipinski definition) is 3. The van der Waals surface area contributed by atoms with E-state index >= 15 is 0 Å². The first-order valence-corrected chi connectivity index (χ1v) is 8.86. The van der Waals surface area contributed by atoms with Gasteiger partial charge in [0.15, 0.2) is 5.96 Å². The lowest BCUT2D eigenvalue weighted by atomic mass is 10.1. The molecule has 25 heavy (non-hydrogen) atoms.